The van der Waals surface area contributed by atoms with Crippen molar-refractivity contribution in [2.75, 3.05) is 17.3 Å². The summed E-state index contributed by atoms with van der Waals surface area (Å²) in [4.78, 5) is 30.3. The molecule has 1 aliphatic carbocycles. The summed E-state index contributed by atoms with van der Waals surface area (Å²) in [6.07, 6.45) is 0.958. The monoisotopic (exact) mass is 582 g/mol. The summed E-state index contributed by atoms with van der Waals surface area (Å²) in [5, 5.41) is 4.24. The van der Waals surface area contributed by atoms with Gasteiger partial charge in [-0.3, -0.25) is 14.5 Å². The van der Waals surface area contributed by atoms with E-state index in [9.17, 15) is 9.59 Å². The number of hydrogen-bond donors (Lipinski definition) is 1. The van der Waals surface area contributed by atoms with Gasteiger partial charge in [-0.1, -0.05) is 77.3 Å². The number of benzene rings is 4. The minimum absolute atomic E-state index is 0.00453. The first-order chi connectivity index (χ1) is 19.8. The Balaban J connectivity index is 1.53. The second kappa shape index (κ2) is 11.1. The minimum Gasteiger partial charge on any atom is -0.497 e. The SMILES string of the molecule is COc1ccc([C@@H]2CC(=O)C3=C(C2)Nc2ccccc2N(C(=O)c2ccc(Cl)c(Cl)c2)[C@H]3c2ccc(C)cc2)cc1. The normalized spacial score (nSPS) is 18.2. The van der Waals surface area contributed by atoms with Crippen molar-refractivity contribution in [2.45, 2.75) is 31.7 Å². The van der Waals surface area contributed by atoms with Crippen molar-refractivity contribution >= 4 is 46.3 Å². The molecule has 0 radical (unpaired) electrons. The van der Waals surface area contributed by atoms with Crippen LogP contribution in [0.25, 0.3) is 0 Å². The molecule has 1 heterocycles. The third kappa shape index (κ3) is 5.12. The van der Waals surface area contributed by atoms with Crippen LogP contribution in [0.15, 0.2) is 102 Å². The molecular weight excluding hydrogens is 555 g/mol. The van der Waals surface area contributed by atoms with E-state index >= 15 is 0 Å². The number of methoxy groups -OCH3 is 1. The maximum atomic E-state index is 14.4. The number of amides is 1. The van der Waals surface area contributed by atoms with Gasteiger partial charge in [0.1, 0.15) is 5.75 Å². The number of carbonyl (C=O) groups is 2. The number of anilines is 2. The third-order valence-electron chi connectivity index (χ3n) is 7.85. The van der Waals surface area contributed by atoms with E-state index in [0.717, 1.165) is 33.8 Å². The predicted molar refractivity (Wildman–Crippen MR) is 164 cm³/mol. The summed E-state index contributed by atoms with van der Waals surface area (Å²) in [5.74, 6) is 0.489. The second-order valence-corrected chi connectivity index (χ2v) is 11.3. The Morgan fingerprint density at radius 1 is 0.878 bits per heavy atom. The molecule has 4 aromatic carbocycles. The summed E-state index contributed by atoms with van der Waals surface area (Å²) in [6, 6.07) is 27.8. The first kappa shape index (κ1) is 27.1. The number of allylic oxidation sites excluding steroid dienone is 1. The summed E-state index contributed by atoms with van der Waals surface area (Å²) in [6.45, 7) is 2.02. The second-order valence-electron chi connectivity index (χ2n) is 10.5. The number of para-hydroxylation sites is 2. The molecule has 1 N–H and O–H groups in total. The maximum Gasteiger partial charge on any atom is 0.259 e. The van der Waals surface area contributed by atoms with Gasteiger partial charge in [-0.25, -0.2) is 0 Å². The lowest BCUT2D eigenvalue weighted by atomic mass is 9.78. The standard InChI is InChI=1S/C34H28Cl2N2O3/c1-20-7-9-22(10-8-20)33-32-29(18-24(19-31(32)39)21-11-14-25(41-2)15-12-21)37-28-5-3-4-6-30(28)38(33)34(40)23-13-16-26(35)27(36)17-23/h3-17,24,33,37H,18-19H2,1-2H3/t24-,33-/m0/s1. The van der Waals surface area contributed by atoms with Gasteiger partial charge in [0.05, 0.1) is 34.6 Å². The van der Waals surface area contributed by atoms with E-state index in [1.54, 1.807) is 30.2 Å². The molecule has 0 spiro atoms. The molecule has 0 saturated carbocycles. The highest BCUT2D eigenvalue weighted by Gasteiger charge is 2.42. The van der Waals surface area contributed by atoms with E-state index in [1.165, 1.54) is 0 Å². The Hall–Kier alpha value is -4.06. The van der Waals surface area contributed by atoms with Crippen molar-refractivity contribution in [3.63, 3.8) is 0 Å². The molecule has 0 unspecified atom stereocenters. The molecule has 41 heavy (non-hydrogen) atoms. The van der Waals surface area contributed by atoms with Crippen LogP contribution in [0.2, 0.25) is 10.0 Å². The number of halogens is 2. The van der Waals surface area contributed by atoms with Crippen molar-refractivity contribution < 1.29 is 14.3 Å². The highest BCUT2D eigenvalue weighted by molar-refractivity contribution is 6.42. The van der Waals surface area contributed by atoms with Crippen LogP contribution in [-0.2, 0) is 4.79 Å². The molecule has 4 aromatic rings. The largest absolute Gasteiger partial charge is 0.497 e. The first-order valence-electron chi connectivity index (χ1n) is 13.5. The molecule has 206 valence electrons. The Labute approximate surface area is 249 Å². The van der Waals surface area contributed by atoms with Crippen molar-refractivity contribution in [3.05, 3.63) is 135 Å². The molecule has 0 aromatic heterocycles. The quantitative estimate of drug-likeness (QED) is 0.262. The van der Waals surface area contributed by atoms with Crippen LogP contribution in [-0.4, -0.2) is 18.8 Å². The zero-order valence-corrected chi connectivity index (χ0v) is 24.2. The topological polar surface area (TPSA) is 58.6 Å². The van der Waals surface area contributed by atoms with Gasteiger partial charge < -0.3 is 10.1 Å². The zero-order chi connectivity index (χ0) is 28.7. The number of ketones is 1. The molecule has 7 heteroatoms. The number of nitrogens with zero attached hydrogens (tertiary/aromatic N) is 1. The molecule has 5 nitrogen and oxygen atoms in total. The van der Waals surface area contributed by atoms with E-state index in [2.05, 4.69) is 5.32 Å². The molecule has 1 aliphatic heterocycles. The van der Waals surface area contributed by atoms with Crippen LogP contribution in [0.5, 0.6) is 5.75 Å². The maximum absolute atomic E-state index is 14.4. The molecule has 2 aliphatic rings. The summed E-state index contributed by atoms with van der Waals surface area (Å²) >= 11 is 12.5. The fraction of sp³-hybridized carbons (Fsp3) is 0.176. The molecule has 2 atom stereocenters. The number of hydrogen-bond acceptors (Lipinski definition) is 4. The van der Waals surface area contributed by atoms with Gasteiger partial charge in [0, 0.05) is 23.3 Å². The summed E-state index contributed by atoms with van der Waals surface area (Å²) in [5.41, 5.74) is 6.25. The van der Waals surface area contributed by atoms with Crippen LogP contribution in [0.4, 0.5) is 11.4 Å². The average Bonchev–Trinajstić information content (AvgIpc) is 3.13. The summed E-state index contributed by atoms with van der Waals surface area (Å²) < 4.78 is 5.33. The van der Waals surface area contributed by atoms with Gasteiger partial charge in [0.25, 0.3) is 5.91 Å². The molecule has 0 fully saturated rings. The molecule has 6 rings (SSSR count). The lowest BCUT2D eigenvalue weighted by Crippen LogP contribution is -2.38. The Kier molecular flexibility index (Phi) is 7.33. The van der Waals surface area contributed by atoms with E-state index in [-0.39, 0.29) is 17.6 Å². The number of nitrogens with one attached hydrogen (secondary N) is 1. The van der Waals surface area contributed by atoms with Gasteiger partial charge in [-0.05, 0) is 72.9 Å². The lowest BCUT2D eigenvalue weighted by Gasteiger charge is -2.35. The zero-order valence-electron chi connectivity index (χ0n) is 22.7. The fourth-order valence-electron chi connectivity index (χ4n) is 5.76. The molecule has 0 bridgehead atoms. The van der Waals surface area contributed by atoms with E-state index in [4.69, 9.17) is 27.9 Å². The molecular formula is C34H28Cl2N2O3. The average molecular weight is 584 g/mol. The van der Waals surface area contributed by atoms with Crippen LogP contribution in [0, 0.1) is 6.92 Å². The summed E-state index contributed by atoms with van der Waals surface area (Å²) in [7, 11) is 1.64. The van der Waals surface area contributed by atoms with Crippen LogP contribution in [0.1, 0.15) is 51.8 Å². The number of aryl methyl sites for hydroxylation is 1. The van der Waals surface area contributed by atoms with Gasteiger partial charge in [0.2, 0.25) is 0 Å². The smallest absolute Gasteiger partial charge is 0.259 e. The number of carbonyl (C=O) groups excluding carboxylic acids is 2. The molecule has 1 amide bonds. The van der Waals surface area contributed by atoms with Crippen molar-refractivity contribution in [1.82, 2.24) is 0 Å². The predicted octanol–water partition coefficient (Wildman–Crippen LogP) is 8.52. The van der Waals surface area contributed by atoms with Gasteiger partial charge in [-0.2, -0.15) is 0 Å². The van der Waals surface area contributed by atoms with Crippen molar-refractivity contribution in [2.24, 2.45) is 0 Å². The fourth-order valence-corrected chi connectivity index (χ4v) is 6.06. The molecule has 0 saturated heterocycles. The Morgan fingerprint density at radius 3 is 2.29 bits per heavy atom. The van der Waals surface area contributed by atoms with Crippen molar-refractivity contribution in [1.29, 1.82) is 0 Å². The first-order valence-corrected chi connectivity index (χ1v) is 14.2. The van der Waals surface area contributed by atoms with Crippen LogP contribution >= 0.6 is 23.2 Å². The number of Topliss-reactive ketones (excluding diaryl/α,β-unsaturated/α-hetero) is 1. The van der Waals surface area contributed by atoms with Gasteiger partial charge >= 0.3 is 0 Å². The number of fused-ring (bicyclic) bond motifs is 1. The minimum atomic E-state index is -0.645. The van der Waals surface area contributed by atoms with E-state index in [1.807, 2.05) is 79.7 Å². The van der Waals surface area contributed by atoms with E-state index < -0.39 is 6.04 Å². The van der Waals surface area contributed by atoms with Gasteiger partial charge in [-0.15, -0.1) is 0 Å². The third-order valence-corrected chi connectivity index (χ3v) is 8.59. The van der Waals surface area contributed by atoms with E-state index in [0.29, 0.717) is 39.7 Å². The van der Waals surface area contributed by atoms with Crippen LogP contribution < -0.4 is 15.0 Å². The Bertz CT molecular complexity index is 1680. The Morgan fingerprint density at radius 2 is 1.59 bits per heavy atom. The van der Waals surface area contributed by atoms with Crippen LogP contribution in [0.3, 0.4) is 0 Å². The number of rotatable bonds is 4. The number of ether oxygens (including phenoxy) is 1. The highest BCUT2D eigenvalue weighted by atomic mass is 35.5. The highest BCUT2D eigenvalue weighted by Crippen LogP contribution is 2.48. The van der Waals surface area contributed by atoms with Gasteiger partial charge in [0.15, 0.2) is 5.78 Å². The lowest BCUT2D eigenvalue weighted by molar-refractivity contribution is -0.116. The van der Waals surface area contributed by atoms with Crippen molar-refractivity contribution in [3.8, 4) is 5.75 Å².